The SMILES string of the molecule is C[P+](C)(C)C1CC([P+](C)(C)C)CC([P+](C)(C)C)C1. The molecular weight excluding hydrogens is 273 g/mol. The molecule has 3 heteroatoms. The molecule has 1 aliphatic rings. The van der Waals surface area contributed by atoms with Gasteiger partial charge in [-0.1, -0.05) is 0 Å². The Bertz CT molecular complexity index is 224. The molecule has 18 heavy (non-hydrogen) atoms. The summed E-state index contributed by atoms with van der Waals surface area (Å²) in [5.74, 6) is 0. The van der Waals surface area contributed by atoms with Crippen molar-refractivity contribution >= 4 is 21.8 Å². The number of hydrogen-bond donors (Lipinski definition) is 0. The van der Waals surface area contributed by atoms with E-state index >= 15 is 0 Å². The first-order valence-electron chi connectivity index (χ1n) is 7.25. The second-order valence-electron chi connectivity index (χ2n) is 9.02. The Morgan fingerprint density at radius 3 is 0.722 bits per heavy atom. The molecule has 0 amide bonds. The molecule has 0 heterocycles. The van der Waals surface area contributed by atoms with Gasteiger partial charge < -0.3 is 0 Å². The molecule has 0 N–H and O–H groups in total. The van der Waals surface area contributed by atoms with Crippen molar-refractivity contribution in [2.75, 3.05) is 60.0 Å². The minimum absolute atomic E-state index is 0.669. The lowest BCUT2D eigenvalue weighted by molar-refractivity contribution is 0.519. The van der Waals surface area contributed by atoms with E-state index in [0.29, 0.717) is 0 Å². The topological polar surface area (TPSA) is 0 Å². The average molecular weight is 309 g/mol. The Balaban J connectivity index is 2.93. The van der Waals surface area contributed by atoms with Gasteiger partial charge in [0.25, 0.3) is 0 Å². The van der Waals surface area contributed by atoms with E-state index in [1.165, 1.54) is 0 Å². The van der Waals surface area contributed by atoms with Crippen LogP contribution in [-0.4, -0.2) is 77.0 Å². The van der Waals surface area contributed by atoms with Crippen molar-refractivity contribution in [2.24, 2.45) is 0 Å². The molecule has 0 saturated heterocycles. The highest BCUT2D eigenvalue weighted by molar-refractivity contribution is 7.76. The molecule has 0 nitrogen and oxygen atoms in total. The summed E-state index contributed by atoms with van der Waals surface area (Å²) in [6, 6.07) is 0. The van der Waals surface area contributed by atoms with Crippen molar-refractivity contribution in [1.82, 2.24) is 0 Å². The van der Waals surface area contributed by atoms with Crippen LogP contribution in [0.3, 0.4) is 0 Å². The molecule has 0 radical (unpaired) electrons. The zero-order valence-corrected chi connectivity index (χ0v) is 16.9. The summed E-state index contributed by atoms with van der Waals surface area (Å²) >= 11 is 0. The summed E-state index contributed by atoms with van der Waals surface area (Å²) in [7, 11) is -2.01. The zero-order valence-electron chi connectivity index (χ0n) is 14.2. The number of rotatable bonds is 3. The van der Waals surface area contributed by atoms with Crippen LogP contribution in [0.1, 0.15) is 19.3 Å². The predicted molar refractivity (Wildman–Crippen MR) is 99.3 cm³/mol. The summed E-state index contributed by atoms with van der Waals surface area (Å²) in [4.78, 5) is 0. The fraction of sp³-hybridized carbons (Fsp3) is 1.00. The van der Waals surface area contributed by atoms with Crippen LogP contribution < -0.4 is 0 Å². The van der Waals surface area contributed by atoms with E-state index in [0.717, 1.165) is 17.0 Å². The second kappa shape index (κ2) is 5.58. The molecule has 0 aromatic carbocycles. The predicted octanol–water partition coefficient (Wildman–Crippen LogP) is 5.00. The molecule has 1 rings (SSSR count). The molecule has 1 aliphatic carbocycles. The monoisotopic (exact) mass is 309 g/mol. The lowest BCUT2D eigenvalue weighted by Crippen LogP contribution is -2.35. The maximum absolute atomic E-state index is 2.57. The molecule has 0 bridgehead atoms. The van der Waals surface area contributed by atoms with Gasteiger partial charge in [-0.2, -0.15) is 0 Å². The van der Waals surface area contributed by atoms with Crippen molar-refractivity contribution in [3.05, 3.63) is 0 Å². The standard InChI is InChI=1S/C15H36P3/c1-16(2,3)13-10-14(17(4,5)6)12-15(11-13)18(7,8)9/h13-15H,10-12H2,1-9H3/q+3. The largest absolute Gasteiger partial charge is 0.0764 e. The van der Waals surface area contributed by atoms with Crippen LogP contribution in [-0.2, 0) is 0 Å². The molecule has 0 aromatic heterocycles. The zero-order chi connectivity index (χ0) is 14.4. The van der Waals surface area contributed by atoms with Crippen molar-refractivity contribution in [3.8, 4) is 0 Å². The highest BCUT2D eigenvalue weighted by atomic mass is 31.2. The first-order valence-corrected chi connectivity index (χ1v) is 16.8. The van der Waals surface area contributed by atoms with Gasteiger partial charge in [-0.25, -0.2) is 0 Å². The summed E-state index contributed by atoms with van der Waals surface area (Å²) in [6.45, 7) is 23.1. The third kappa shape index (κ3) is 4.69. The molecule has 108 valence electrons. The fourth-order valence-electron chi connectivity index (χ4n) is 3.13. The Hall–Kier alpha value is 1.29. The van der Waals surface area contributed by atoms with Crippen molar-refractivity contribution in [3.63, 3.8) is 0 Å². The third-order valence-corrected chi connectivity index (χ3v) is 12.8. The molecule has 1 saturated carbocycles. The van der Waals surface area contributed by atoms with Crippen molar-refractivity contribution in [2.45, 2.75) is 36.2 Å². The van der Waals surface area contributed by atoms with E-state index in [9.17, 15) is 0 Å². The molecule has 0 aliphatic heterocycles. The van der Waals surface area contributed by atoms with Gasteiger partial charge >= 0.3 is 0 Å². The highest BCUT2D eigenvalue weighted by Crippen LogP contribution is 2.69. The Kier molecular flexibility index (Phi) is 5.38. The van der Waals surface area contributed by atoms with E-state index in [2.05, 4.69) is 60.0 Å². The lowest BCUT2D eigenvalue weighted by atomic mass is 9.99. The van der Waals surface area contributed by atoms with Crippen LogP contribution in [0.2, 0.25) is 0 Å². The van der Waals surface area contributed by atoms with Gasteiger partial charge in [0.2, 0.25) is 0 Å². The quantitative estimate of drug-likeness (QED) is 0.644. The van der Waals surface area contributed by atoms with Crippen LogP contribution in [0.25, 0.3) is 0 Å². The average Bonchev–Trinajstić information content (AvgIpc) is 2.13. The second-order valence-corrected chi connectivity index (χ2v) is 23.9. The van der Waals surface area contributed by atoms with Gasteiger partial charge in [0.1, 0.15) is 0 Å². The van der Waals surface area contributed by atoms with E-state index < -0.39 is 21.8 Å². The minimum atomic E-state index is -0.669. The Morgan fingerprint density at radius 2 is 0.611 bits per heavy atom. The molecular formula is C15H36P3+3. The first kappa shape index (κ1) is 17.3. The van der Waals surface area contributed by atoms with Crippen molar-refractivity contribution in [1.29, 1.82) is 0 Å². The van der Waals surface area contributed by atoms with Crippen molar-refractivity contribution < 1.29 is 0 Å². The Labute approximate surface area is 118 Å². The first-order chi connectivity index (χ1) is 7.82. The smallest absolute Gasteiger partial charge is 0.00857 e. The Morgan fingerprint density at radius 1 is 0.444 bits per heavy atom. The van der Waals surface area contributed by atoms with Gasteiger partial charge in [0, 0.05) is 101 Å². The van der Waals surface area contributed by atoms with Crippen LogP contribution in [0, 0.1) is 0 Å². The minimum Gasteiger partial charge on any atom is 0.00857 e. The highest BCUT2D eigenvalue weighted by Gasteiger charge is 2.50. The van der Waals surface area contributed by atoms with Gasteiger partial charge in [0.05, 0.1) is 17.0 Å². The van der Waals surface area contributed by atoms with Gasteiger partial charge in [-0.05, 0) is 0 Å². The maximum Gasteiger partial charge on any atom is 0.0764 e. The summed E-state index contributed by atoms with van der Waals surface area (Å²) in [5, 5.41) is 0. The fourth-order valence-corrected chi connectivity index (χ4v) is 8.95. The number of hydrogen-bond acceptors (Lipinski definition) is 0. The molecule has 0 unspecified atom stereocenters. The molecule has 0 atom stereocenters. The third-order valence-electron chi connectivity index (χ3n) is 4.92. The van der Waals surface area contributed by atoms with Crippen LogP contribution in [0.15, 0.2) is 0 Å². The summed E-state index contributed by atoms with van der Waals surface area (Å²) < 4.78 is 0. The summed E-state index contributed by atoms with van der Waals surface area (Å²) in [5.41, 5.74) is 3.17. The normalized spacial score (nSPS) is 31.5. The van der Waals surface area contributed by atoms with E-state index in [1.807, 2.05) is 0 Å². The molecule has 1 fully saturated rings. The van der Waals surface area contributed by atoms with Gasteiger partial charge in [-0.3, -0.25) is 0 Å². The van der Waals surface area contributed by atoms with E-state index in [4.69, 9.17) is 0 Å². The van der Waals surface area contributed by atoms with E-state index in [-0.39, 0.29) is 0 Å². The lowest BCUT2D eigenvalue weighted by Gasteiger charge is -2.41. The van der Waals surface area contributed by atoms with Crippen LogP contribution >= 0.6 is 21.8 Å². The van der Waals surface area contributed by atoms with Crippen LogP contribution in [0.5, 0.6) is 0 Å². The van der Waals surface area contributed by atoms with Gasteiger partial charge in [0.15, 0.2) is 0 Å². The molecule has 0 aromatic rings. The maximum atomic E-state index is 2.57. The van der Waals surface area contributed by atoms with E-state index in [1.54, 1.807) is 19.3 Å². The van der Waals surface area contributed by atoms with Gasteiger partial charge in [-0.15, -0.1) is 0 Å². The summed E-state index contributed by atoms with van der Waals surface area (Å²) in [6.07, 6.45) is 4.64. The molecule has 0 spiro atoms. The van der Waals surface area contributed by atoms with Crippen LogP contribution in [0.4, 0.5) is 0 Å².